The molecule has 4 heteroatoms. The fraction of sp³-hybridized carbons (Fsp3) is 0.312. The lowest BCUT2D eigenvalue weighted by Gasteiger charge is -2.08. The van der Waals surface area contributed by atoms with E-state index < -0.39 is 0 Å². The van der Waals surface area contributed by atoms with Crippen LogP contribution in [-0.4, -0.2) is 19.8 Å². The van der Waals surface area contributed by atoms with Crippen LogP contribution in [-0.2, 0) is 6.42 Å². The van der Waals surface area contributed by atoms with Crippen molar-refractivity contribution in [3.8, 4) is 0 Å². The number of aliphatic imine (C=N–C) groups is 1. The van der Waals surface area contributed by atoms with E-state index in [2.05, 4.69) is 29.1 Å². The minimum absolute atomic E-state index is 0.657. The fourth-order valence-corrected chi connectivity index (χ4v) is 1.89. The molecule has 0 aliphatic carbocycles. The first-order chi connectivity index (χ1) is 9.67. The molecule has 0 amide bonds. The molecule has 2 N–H and O–H groups in total. The number of rotatable bonds is 8. The summed E-state index contributed by atoms with van der Waals surface area (Å²) in [6.45, 7) is 6.74. The van der Waals surface area contributed by atoms with Crippen molar-refractivity contribution in [2.24, 2.45) is 4.99 Å². The molecule has 0 spiro atoms. The second-order valence-electron chi connectivity index (χ2n) is 4.34. The van der Waals surface area contributed by atoms with E-state index in [4.69, 9.17) is 11.6 Å². The molecule has 0 atom stereocenters. The second kappa shape index (κ2) is 9.21. The number of allylic oxidation sites excluding steroid dienone is 2. The summed E-state index contributed by atoms with van der Waals surface area (Å²) < 4.78 is 0. The van der Waals surface area contributed by atoms with E-state index in [0.29, 0.717) is 6.54 Å². The van der Waals surface area contributed by atoms with Gasteiger partial charge in [0.15, 0.2) is 0 Å². The molecule has 0 bridgehead atoms. The van der Waals surface area contributed by atoms with Crippen LogP contribution in [0.5, 0.6) is 0 Å². The Bertz CT molecular complexity index is 492. The Morgan fingerprint density at radius 3 is 2.80 bits per heavy atom. The predicted octanol–water partition coefficient (Wildman–Crippen LogP) is 3.53. The zero-order valence-corrected chi connectivity index (χ0v) is 12.9. The molecule has 1 aromatic carbocycles. The minimum atomic E-state index is 0.657. The Balaban J connectivity index is 2.39. The van der Waals surface area contributed by atoms with Crippen molar-refractivity contribution in [2.45, 2.75) is 19.8 Å². The van der Waals surface area contributed by atoms with Gasteiger partial charge >= 0.3 is 0 Å². The van der Waals surface area contributed by atoms with E-state index in [1.165, 1.54) is 0 Å². The smallest absolute Gasteiger partial charge is 0.0553 e. The van der Waals surface area contributed by atoms with E-state index in [1.54, 1.807) is 0 Å². The van der Waals surface area contributed by atoms with Crippen LogP contribution in [0.4, 0.5) is 0 Å². The first-order valence-corrected chi connectivity index (χ1v) is 7.09. The third-order valence-electron chi connectivity index (χ3n) is 2.74. The summed E-state index contributed by atoms with van der Waals surface area (Å²) in [5.74, 6) is 0. The Kier molecular flexibility index (Phi) is 7.51. The monoisotopic (exact) mass is 291 g/mol. The Morgan fingerprint density at radius 2 is 2.15 bits per heavy atom. The highest BCUT2D eigenvalue weighted by atomic mass is 35.5. The van der Waals surface area contributed by atoms with Crippen LogP contribution >= 0.6 is 11.6 Å². The van der Waals surface area contributed by atoms with Gasteiger partial charge < -0.3 is 10.6 Å². The topological polar surface area (TPSA) is 36.4 Å². The maximum Gasteiger partial charge on any atom is 0.0553 e. The molecule has 3 nitrogen and oxygen atoms in total. The van der Waals surface area contributed by atoms with E-state index in [0.717, 1.165) is 34.8 Å². The molecule has 0 aliphatic heterocycles. The quantitative estimate of drug-likeness (QED) is 0.719. The molecule has 0 aliphatic rings. The summed E-state index contributed by atoms with van der Waals surface area (Å²) in [6.07, 6.45) is 5.37. The average Bonchev–Trinajstić information content (AvgIpc) is 2.44. The van der Waals surface area contributed by atoms with Gasteiger partial charge in [-0.1, -0.05) is 43.3 Å². The van der Waals surface area contributed by atoms with Gasteiger partial charge in [-0.25, -0.2) is 0 Å². The van der Waals surface area contributed by atoms with Gasteiger partial charge in [0.05, 0.1) is 12.2 Å². The molecule has 1 aromatic rings. The van der Waals surface area contributed by atoms with Crippen LogP contribution < -0.4 is 10.6 Å². The highest BCUT2D eigenvalue weighted by Crippen LogP contribution is 2.16. The van der Waals surface area contributed by atoms with Gasteiger partial charge in [0.1, 0.15) is 0 Å². The van der Waals surface area contributed by atoms with Gasteiger partial charge in [-0.3, -0.25) is 4.99 Å². The number of halogens is 1. The average molecular weight is 292 g/mol. The first kappa shape index (κ1) is 16.3. The van der Waals surface area contributed by atoms with Crippen molar-refractivity contribution in [1.29, 1.82) is 0 Å². The molecule has 108 valence electrons. The van der Waals surface area contributed by atoms with Crippen LogP contribution in [0.15, 0.2) is 53.4 Å². The third kappa shape index (κ3) is 5.93. The molecule has 1 rings (SSSR count). The zero-order valence-electron chi connectivity index (χ0n) is 12.1. The van der Waals surface area contributed by atoms with Crippen LogP contribution in [0.2, 0.25) is 5.02 Å². The number of hydrogen-bond acceptors (Lipinski definition) is 3. The summed E-state index contributed by atoms with van der Waals surface area (Å²) in [6, 6.07) is 7.80. The molecule has 0 saturated heterocycles. The molecule has 0 unspecified atom stereocenters. The molecule has 0 radical (unpaired) electrons. The fourth-order valence-electron chi connectivity index (χ4n) is 1.68. The summed E-state index contributed by atoms with van der Waals surface area (Å²) in [5, 5.41) is 6.98. The molecular formula is C16H22ClN3. The zero-order chi connectivity index (χ0) is 14.8. The van der Waals surface area contributed by atoms with Crippen molar-refractivity contribution >= 4 is 17.8 Å². The molecular weight excluding hydrogens is 270 g/mol. The van der Waals surface area contributed by atoms with Gasteiger partial charge in [0.25, 0.3) is 0 Å². The maximum absolute atomic E-state index is 6.12. The summed E-state index contributed by atoms with van der Waals surface area (Å²) in [5.41, 5.74) is 3.03. The Hall–Kier alpha value is -1.74. The third-order valence-corrected chi connectivity index (χ3v) is 3.10. The number of nitrogens with zero attached hydrogens (tertiary/aromatic N) is 1. The van der Waals surface area contributed by atoms with Gasteiger partial charge in [-0.2, -0.15) is 0 Å². The van der Waals surface area contributed by atoms with Gasteiger partial charge in [-0.15, -0.1) is 0 Å². The van der Waals surface area contributed by atoms with Crippen molar-refractivity contribution in [3.63, 3.8) is 0 Å². The Morgan fingerprint density at radius 1 is 1.40 bits per heavy atom. The predicted molar refractivity (Wildman–Crippen MR) is 88.2 cm³/mol. The first-order valence-electron chi connectivity index (χ1n) is 6.71. The van der Waals surface area contributed by atoms with Gasteiger partial charge in [0.2, 0.25) is 0 Å². The van der Waals surface area contributed by atoms with Crippen molar-refractivity contribution in [1.82, 2.24) is 10.6 Å². The largest absolute Gasteiger partial charge is 0.393 e. The minimum Gasteiger partial charge on any atom is -0.393 e. The highest BCUT2D eigenvalue weighted by Gasteiger charge is 2.00. The molecule has 0 fully saturated rings. The number of benzene rings is 1. The van der Waals surface area contributed by atoms with Crippen molar-refractivity contribution in [3.05, 3.63) is 59.0 Å². The van der Waals surface area contributed by atoms with Gasteiger partial charge in [0, 0.05) is 36.6 Å². The molecule has 0 saturated carbocycles. The van der Waals surface area contributed by atoms with Crippen LogP contribution in [0, 0.1) is 0 Å². The van der Waals surface area contributed by atoms with Crippen molar-refractivity contribution in [2.75, 3.05) is 13.6 Å². The van der Waals surface area contributed by atoms with Crippen molar-refractivity contribution < 1.29 is 0 Å². The highest BCUT2D eigenvalue weighted by molar-refractivity contribution is 6.31. The normalized spacial score (nSPS) is 11.7. The van der Waals surface area contributed by atoms with E-state index in [-0.39, 0.29) is 0 Å². The van der Waals surface area contributed by atoms with Crippen LogP contribution in [0.3, 0.4) is 0 Å². The Labute approximate surface area is 126 Å². The maximum atomic E-state index is 6.12. The van der Waals surface area contributed by atoms with E-state index in [9.17, 15) is 0 Å². The lowest BCUT2D eigenvalue weighted by atomic mass is 10.1. The molecule has 0 aromatic heterocycles. The second-order valence-corrected chi connectivity index (χ2v) is 4.75. The lowest BCUT2D eigenvalue weighted by molar-refractivity contribution is 0.886. The summed E-state index contributed by atoms with van der Waals surface area (Å²) >= 11 is 6.12. The van der Waals surface area contributed by atoms with Crippen LogP contribution in [0.1, 0.15) is 18.9 Å². The standard InChI is InChI=1S/C16H22ClN3/c1-4-15(12-18-3)20-10-9-19-13(2)11-14-7-5-6-8-16(14)17/h5-8,10,12,18-19H,2,4,9,11H2,1,3H3/b15-12-,20-10?. The SMILES string of the molecule is C=C(Cc1ccccc1Cl)NCC=N/C(=C\NC)CC. The van der Waals surface area contributed by atoms with E-state index in [1.807, 2.05) is 43.7 Å². The van der Waals surface area contributed by atoms with E-state index >= 15 is 0 Å². The summed E-state index contributed by atoms with van der Waals surface area (Å²) in [7, 11) is 1.87. The van der Waals surface area contributed by atoms with Crippen LogP contribution in [0.25, 0.3) is 0 Å². The number of hydrogen-bond donors (Lipinski definition) is 2. The summed E-state index contributed by atoms with van der Waals surface area (Å²) in [4.78, 5) is 4.37. The molecule has 20 heavy (non-hydrogen) atoms. The molecule has 0 heterocycles. The lowest BCUT2D eigenvalue weighted by Crippen LogP contribution is -2.16. The van der Waals surface area contributed by atoms with Gasteiger partial charge in [-0.05, 0) is 18.1 Å². The number of nitrogens with one attached hydrogen (secondary N) is 2.